The third kappa shape index (κ3) is 4.76. The Morgan fingerprint density at radius 3 is 2.25 bits per heavy atom. The maximum Gasteiger partial charge on any atom is 0.280 e. The summed E-state index contributed by atoms with van der Waals surface area (Å²) in [7, 11) is 4.60. The first-order valence-corrected chi connectivity index (χ1v) is 9.70. The first kappa shape index (κ1) is 22.9. The van der Waals surface area contributed by atoms with Gasteiger partial charge in [-0.15, -0.1) is 0 Å². The van der Waals surface area contributed by atoms with Crippen LogP contribution >= 0.6 is 0 Å². The van der Waals surface area contributed by atoms with E-state index in [0.717, 1.165) is 5.56 Å². The number of benzene rings is 2. The fourth-order valence-electron chi connectivity index (χ4n) is 3.18. The lowest BCUT2D eigenvalue weighted by Crippen LogP contribution is -2.21. The Hall–Kier alpha value is -3.76. The molecule has 0 amide bonds. The van der Waals surface area contributed by atoms with Crippen LogP contribution in [0.5, 0.6) is 5.75 Å². The Balaban J connectivity index is 2.13. The Kier molecular flexibility index (Phi) is 7.18. The zero-order valence-corrected chi connectivity index (χ0v) is 18.2. The van der Waals surface area contributed by atoms with Gasteiger partial charge in [0.25, 0.3) is 11.2 Å². The highest BCUT2D eigenvalue weighted by Crippen LogP contribution is 2.24. The number of aromatic amines is 1. The highest BCUT2D eigenvalue weighted by molar-refractivity contribution is 6.03. The summed E-state index contributed by atoms with van der Waals surface area (Å²) in [6, 6.07) is 12.9. The van der Waals surface area contributed by atoms with Crippen molar-refractivity contribution in [2.24, 2.45) is 4.99 Å². The quantitative estimate of drug-likeness (QED) is 0.236. The smallest absolute Gasteiger partial charge is 0.280 e. The molecule has 1 N–H and O–H groups in total. The summed E-state index contributed by atoms with van der Waals surface area (Å²) < 4.78 is 16.9. The molecular formula is C22H24N4O6. The number of nitrogens with zero attached hydrogens (tertiary/aromatic N) is 3. The van der Waals surface area contributed by atoms with E-state index < -0.39 is 11.2 Å². The van der Waals surface area contributed by atoms with E-state index in [-0.39, 0.29) is 17.8 Å². The number of hydrogen-bond donors (Lipinski definition) is 1. The van der Waals surface area contributed by atoms with Crippen LogP contribution in [0, 0.1) is 10.1 Å². The molecule has 3 aromatic rings. The van der Waals surface area contributed by atoms with E-state index in [9.17, 15) is 14.9 Å². The molecular weight excluding hydrogens is 416 g/mol. The number of non-ortho nitro benzene ring substituents is 1. The number of methoxy groups -OCH3 is 3. The van der Waals surface area contributed by atoms with Gasteiger partial charge in [0.15, 0.2) is 6.29 Å². The Bertz CT molecular complexity index is 1160. The van der Waals surface area contributed by atoms with Gasteiger partial charge in [-0.2, -0.15) is 0 Å². The Labute approximate surface area is 184 Å². The number of aromatic nitrogens is 2. The Morgan fingerprint density at radius 1 is 1.09 bits per heavy atom. The SMILES string of the molecule is COc1ccc(-c2[nH]n(-c3ccc([N+](=O)[O-])cc3)c(=O)c2C(C)=NCC(OC)OC)cc1. The molecule has 0 bridgehead atoms. The van der Waals surface area contributed by atoms with Crippen LogP contribution < -0.4 is 10.3 Å². The van der Waals surface area contributed by atoms with Crippen LogP contribution in [-0.4, -0.2) is 54.6 Å². The number of nitrogens with one attached hydrogen (secondary N) is 1. The standard InChI is InChI=1S/C22H24N4O6/c1-14(23-13-19(31-3)32-4)20-21(15-5-11-18(30-2)12-6-15)24-25(22(20)27)16-7-9-17(10-8-16)26(28)29/h5-12,19,24H,13H2,1-4H3. The number of ether oxygens (including phenoxy) is 3. The molecule has 0 unspecified atom stereocenters. The summed E-state index contributed by atoms with van der Waals surface area (Å²) in [5.74, 6) is 0.681. The summed E-state index contributed by atoms with van der Waals surface area (Å²) in [6.45, 7) is 1.95. The van der Waals surface area contributed by atoms with Crippen LogP contribution in [0.2, 0.25) is 0 Å². The molecule has 0 aliphatic heterocycles. The van der Waals surface area contributed by atoms with Crippen LogP contribution in [-0.2, 0) is 9.47 Å². The van der Waals surface area contributed by atoms with Gasteiger partial charge in [0.2, 0.25) is 0 Å². The molecule has 0 aliphatic rings. The van der Waals surface area contributed by atoms with Gasteiger partial charge in [-0.25, -0.2) is 4.68 Å². The van der Waals surface area contributed by atoms with Crippen LogP contribution in [0.15, 0.2) is 58.3 Å². The summed E-state index contributed by atoms with van der Waals surface area (Å²) >= 11 is 0. The van der Waals surface area contributed by atoms with Gasteiger partial charge < -0.3 is 14.2 Å². The van der Waals surface area contributed by atoms with Gasteiger partial charge >= 0.3 is 0 Å². The molecule has 10 nitrogen and oxygen atoms in total. The predicted molar refractivity (Wildman–Crippen MR) is 120 cm³/mol. The molecule has 10 heteroatoms. The fraction of sp³-hybridized carbons (Fsp3) is 0.273. The monoisotopic (exact) mass is 440 g/mol. The summed E-state index contributed by atoms with van der Waals surface area (Å²) in [5, 5.41) is 14.1. The van der Waals surface area contributed by atoms with Gasteiger partial charge in [0.1, 0.15) is 5.75 Å². The number of nitro groups is 1. The second-order valence-electron chi connectivity index (χ2n) is 6.83. The van der Waals surface area contributed by atoms with Crippen molar-refractivity contribution in [2.75, 3.05) is 27.9 Å². The van der Waals surface area contributed by atoms with Gasteiger partial charge in [-0.05, 0) is 43.3 Å². The van der Waals surface area contributed by atoms with Crippen molar-refractivity contribution in [1.82, 2.24) is 9.78 Å². The van der Waals surface area contributed by atoms with Gasteiger partial charge in [-0.1, -0.05) is 0 Å². The number of rotatable bonds is 9. The first-order chi connectivity index (χ1) is 15.4. The lowest BCUT2D eigenvalue weighted by Gasteiger charge is -2.10. The van der Waals surface area contributed by atoms with Crippen LogP contribution in [0.1, 0.15) is 12.5 Å². The van der Waals surface area contributed by atoms with E-state index in [4.69, 9.17) is 14.2 Å². The normalized spacial score (nSPS) is 11.7. The molecule has 0 spiro atoms. The van der Waals surface area contributed by atoms with Crippen molar-refractivity contribution in [3.8, 4) is 22.7 Å². The van der Waals surface area contributed by atoms with Crippen LogP contribution in [0.3, 0.4) is 0 Å². The molecule has 0 atom stereocenters. The minimum Gasteiger partial charge on any atom is -0.497 e. The van der Waals surface area contributed by atoms with Crippen molar-refractivity contribution in [3.63, 3.8) is 0 Å². The Morgan fingerprint density at radius 2 is 1.72 bits per heavy atom. The summed E-state index contributed by atoms with van der Waals surface area (Å²) in [6.07, 6.45) is -0.537. The van der Waals surface area contributed by atoms with E-state index >= 15 is 0 Å². The maximum atomic E-state index is 13.4. The minimum atomic E-state index is -0.537. The zero-order valence-electron chi connectivity index (χ0n) is 18.2. The summed E-state index contributed by atoms with van der Waals surface area (Å²) in [5.41, 5.74) is 2.24. The third-order valence-electron chi connectivity index (χ3n) is 4.95. The zero-order chi connectivity index (χ0) is 23.3. The van der Waals surface area contributed by atoms with Crippen molar-refractivity contribution in [1.29, 1.82) is 0 Å². The van der Waals surface area contributed by atoms with E-state index in [1.165, 1.54) is 43.2 Å². The first-order valence-electron chi connectivity index (χ1n) is 9.70. The molecule has 1 aromatic heterocycles. The molecule has 32 heavy (non-hydrogen) atoms. The minimum absolute atomic E-state index is 0.0631. The summed E-state index contributed by atoms with van der Waals surface area (Å²) in [4.78, 5) is 28.3. The average Bonchev–Trinajstić information content (AvgIpc) is 3.16. The van der Waals surface area contributed by atoms with Crippen molar-refractivity contribution >= 4 is 11.4 Å². The molecule has 168 valence electrons. The maximum absolute atomic E-state index is 13.4. The fourth-order valence-corrected chi connectivity index (χ4v) is 3.18. The second-order valence-corrected chi connectivity index (χ2v) is 6.83. The topological polar surface area (TPSA) is 121 Å². The van der Waals surface area contributed by atoms with Crippen molar-refractivity contribution in [3.05, 3.63) is 74.6 Å². The highest BCUT2D eigenvalue weighted by Gasteiger charge is 2.20. The molecule has 2 aromatic carbocycles. The average molecular weight is 440 g/mol. The van der Waals surface area contributed by atoms with E-state index in [1.807, 2.05) is 12.1 Å². The lowest BCUT2D eigenvalue weighted by atomic mass is 10.1. The van der Waals surface area contributed by atoms with Gasteiger partial charge in [0.05, 0.1) is 35.5 Å². The second kappa shape index (κ2) is 10.0. The molecule has 1 heterocycles. The third-order valence-corrected chi connectivity index (χ3v) is 4.95. The number of nitro benzene ring substituents is 1. The van der Waals surface area contributed by atoms with Crippen molar-refractivity contribution < 1.29 is 19.1 Å². The largest absolute Gasteiger partial charge is 0.497 e. The van der Waals surface area contributed by atoms with E-state index in [0.29, 0.717) is 28.4 Å². The molecule has 3 rings (SSSR count). The molecule has 0 saturated carbocycles. The number of hydrogen-bond acceptors (Lipinski definition) is 7. The number of aliphatic imine (C=N–C) groups is 1. The predicted octanol–water partition coefficient (Wildman–Crippen LogP) is 3.18. The molecule has 0 saturated heterocycles. The van der Waals surface area contributed by atoms with E-state index in [2.05, 4.69) is 10.1 Å². The van der Waals surface area contributed by atoms with Crippen LogP contribution in [0.25, 0.3) is 16.9 Å². The van der Waals surface area contributed by atoms with E-state index in [1.54, 1.807) is 26.2 Å². The molecule has 0 aliphatic carbocycles. The molecule has 0 fully saturated rings. The number of H-pyrrole nitrogens is 1. The highest BCUT2D eigenvalue weighted by atomic mass is 16.7. The van der Waals surface area contributed by atoms with Gasteiger partial charge in [-0.3, -0.25) is 25.0 Å². The van der Waals surface area contributed by atoms with Gasteiger partial charge in [0, 0.05) is 37.6 Å². The van der Waals surface area contributed by atoms with Crippen LogP contribution in [0.4, 0.5) is 5.69 Å². The lowest BCUT2D eigenvalue weighted by molar-refractivity contribution is -0.384. The van der Waals surface area contributed by atoms with Crippen molar-refractivity contribution in [2.45, 2.75) is 13.2 Å². The molecule has 0 radical (unpaired) electrons.